The molecule has 8 nitrogen and oxygen atoms in total. The molecule has 4 rings (SSSR count). The summed E-state index contributed by atoms with van der Waals surface area (Å²) in [5.74, 6) is -2.58. The molecule has 4 N–H and O–H groups in total. The van der Waals surface area contributed by atoms with Gasteiger partial charge in [0, 0.05) is 12.7 Å². The van der Waals surface area contributed by atoms with Crippen LogP contribution in [0.25, 0.3) is 0 Å². The SMILES string of the molecule is CCc1cccc2c1NC(=O)[C@@]21[NH2+][C@H]([C@@H](C)O)[C@H]2C(=O)N(CCOC)C(=O)[C@H]21. The fourth-order valence-corrected chi connectivity index (χ4v) is 5.17. The van der Waals surface area contributed by atoms with Crippen molar-refractivity contribution in [2.45, 2.75) is 38.0 Å². The molecule has 8 heteroatoms. The summed E-state index contributed by atoms with van der Waals surface area (Å²) >= 11 is 0. The predicted molar refractivity (Wildman–Crippen MR) is 99.1 cm³/mol. The molecule has 0 bridgehead atoms. The Bertz CT molecular complexity index is 854. The minimum Gasteiger partial charge on any atom is -0.387 e. The Morgan fingerprint density at radius 2 is 2.07 bits per heavy atom. The lowest BCUT2D eigenvalue weighted by atomic mass is 9.76. The van der Waals surface area contributed by atoms with E-state index in [1.54, 1.807) is 12.2 Å². The molecule has 2 fully saturated rings. The van der Waals surface area contributed by atoms with E-state index >= 15 is 0 Å². The van der Waals surface area contributed by atoms with Gasteiger partial charge in [-0.1, -0.05) is 25.1 Å². The van der Waals surface area contributed by atoms with Crippen LogP contribution in [-0.2, 0) is 31.1 Å². The first kappa shape index (κ1) is 19.0. The van der Waals surface area contributed by atoms with Crippen LogP contribution in [0.2, 0.25) is 0 Å². The third-order valence-corrected chi connectivity index (χ3v) is 6.47. The third kappa shape index (κ3) is 2.31. The fourth-order valence-electron chi connectivity index (χ4n) is 5.17. The van der Waals surface area contributed by atoms with Crippen molar-refractivity contribution in [3.8, 4) is 0 Å². The smallest absolute Gasteiger partial charge is 0.291 e. The van der Waals surface area contributed by atoms with Gasteiger partial charge < -0.3 is 20.5 Å². The Hall–Kier alpha value is -2.29. The monoisotopic (exact) mass is 388 g/mol. The number of imide groups is 1. The van der Waals surface area contributed by atoms with Gasteiger partial charge in [0.25, 0.3) is 5.91 Å². The summed E-state index contributed by atoms with van der Waals surface area (Å²) < 4.78 is 5.04. The second-order valence-corrected chi connectivity index (χ2v) is 7.83. The Balaban J connectivity index is 1.87. The van der Waals surface area contributed by atoms with Crippen LogP contribution in [0.15, 0.2) is 18.2 Å². The fraction of sp³-hybridized carbons (Fsp3) is 0.550. The molecule has 1 spiro atoms. The quantitative estimate of drug-likeness (QED) is 0.559. The van der Waals surface area contributed by atoms with Crippen molar-refractivity contribution in [2.75, 3.05) is 25.6 Å². The zero-order valence-corrected chi connectivity index (χ0v) is 16.3. The van der Waals surface area contributed by atoms with Crippen molar-refractivity contribution in [2.24, 2.45) is 11.8 Å². The van der Waals surface area contributed by atoms with E-state index in [0.29, 0.717) is 0 Å². The van der Waals surface area contributed by atoms with E-state index in [-0.39, 0.29) is 30.9 Å². The number of fused-ring (bicyclic) bond motifs is 4. The molecule has 0 aromatic heterocycles. The van der Waals surface area contributed by atoms with Crippen LogP contribution in [0.3, 0.4) is 0 Å². The number of para-hydroxylation sites is 1. The van der Waals surface area contributed by atoms with Crippen molar-refractivity contribution in [1.82, 2.24) is 4.90 Å². The molecule has 0 aliphatic carbocycles. The van der Waals surface area contributed by atoms with Gasteiger partial charge in [-0.15, -0.1) is 0 Å². The summed E-state index contributed by atoms with van der Waals surface area (Å²) in [5, 5.41) is 15.1. The number of hydrogen-bond acceptors (Lipinski definition) is 5. The normalized spacial score (nSPS) is 32.1. The number of aliphatic hydroxyl groups excluding tert-OH is 1. The maximum absolute atomic E-state index is 13.3. The topological polar surface area (TPSA) is 113 Å². The van der Waals surface area contributed by atoms with Gasteiger partial charge in [0.05, 0.1) is 18.8 Å². The van der Waals surface area contributed by atoms with Crippen molar-refractivity contribution in [3.05, 3.63) is 29.3 Å². The summed E-state index contributed by atoms with van der Waals surface area (Å²) in [4.78, 5) is 40.9. The summed E-state index contributed by atoms with van der Waals surface area (Å²) in [7, 11) is 1.51. The number of aryl methyl sites for hydroxylation is 1. The summed E-state index contributed by atoms with van der Waals surface area (Å²) in [6, 6.07) is 5.10. The van der Waals surface area contributed by atoms with E-state index in [4.69, 9.17) is 4.74 Å². The lowest BCUT2D eigenvalue weighted by Gasteiger charge is -2.27. The first-order valence-corrected chi connectivity index (χ1v) is 9.70. The first-order chi connectivity index (χ1) is 13.4. The number of nitrogens with zero attached hydrogens (tertiary/aromatic N) is 1. The molecule has 28 heavy (non-hydrogen) atoms. The number of nitrogens with two attached hydrogens (primary N) is 1. The van der Waals surface area contributed by atoms with E-state index in [1.807, 2.05) is 25.1 Å². The molecule has 0 unspecified atom stereocenters. The Morgan fingerprint density at radius 1 is 1.32 bits per heavy atom. The zero-order valence-electron chi connectivity index (χ0n) is 16.3. The molecule has 2 saturated heterocycles. The molecule has 3 heterocycles. The number of methoxy groups -OCH3 is 1. The average molecular weight is 388 g/mol. The van der Waals surface area contributed by atoms with E-state index in [9.17, 15) is 19.5 Å². The number of amides is 3. The van der Waals surface area contributed by atoms with Crippen LogP contribution in [0.5, 0.6) is 0 Å². The Morgan fingerprint density at radius 3 is 2.71 bits per heavy atom. The molecular weight excluding hydrogens is 362 g/mol. The molecule has 3 aliphatic rings. The number of carbonyl (C=O) groups is 3. The lowest BCUT2D eigenvalue weighted by Crippen LogP contribution is -3.00. The number of ether oxygens (including phenoxy) is 1. The van der Waals surface area contributed by atoms with E-state index < -0.39 is 29.5 Å². The van der Waals surface area contributed by atoms with Gasteiger partial charge in [0.2, 0.25) is 17.4 Å². The molecule has 1 aromatic carbocycles. The average Bonchev–Trinajstić information content (AvgIpc) is 3.26. The molecule has 5 atom stereocenters. The van der Waals surface area contributed by atoms with Crippen molar-refractivity contribution < 1.29 is 29.5 Å². The Labute approximate surface area is 163 Å². The molecule has 1 aromatic rings. The highest BCUT2D eigenvalue weighted by molar-refractivity contribution is 6.14. The molecule has 0 saturated carbocycles. The highest BCUT2D eigenvalue weighted by Crippen LogP contribution is 2.50. The van der Waals surface area contributed by atoms with Crippen LogP contribution in [0.4, 0.5) is 5.69 Å². The molecule has 3 aliphatic heterocycles. The van der Waals surface area contributed by atoms with E-state index in [1.165, 1.54) is 12.0 Å². The number of carbonyl (C=O) groups excluding carboxylic acids is 3. The molecule has 3 amide bonds. The lowest BCUT2D eigenvalue weighted by molar-refractivity contribution is -0.738. The predicted octanol–water partition coefficient (Wildman–Crippen LogP) is -1.03. The van der Waals surface area contributed by atoms with E-state index in [2.05, 4.69) is 5.32 Å². The molecule has 0 radical (unpaired) electrons. The summed E-state index contributed by atoms with van der Waals surface area (Å²) in [6.07, 6.45) is -0.113. The number of quaternary nitrogens is 1. The highest BCUT2D eigenvalue weighted by atomic mass is 16.5. The van der Waals surface area contributed by atoms with Gasteiger partial charge in [0.15, 0.2) is 0 Å². The second kappa shape index (κ2) is 6.65. The molecule has 150 valence electrons. The van der Waals surface area contributed by atoms with Crippen LogP contribution in [-0.4, -0.2) is 60.1 Å². The number of rotatable bonds is 5. The van der Waals surface area contributed by atoms with Gasteiger partial charge in [-0.2, -0.15) is 0 Å². The number of benzene rings is 1. The van der Waals surface area contributed by atoms with Crippen LogP contribution in [0.1, 0.15) is 25.0 Å². The number of anilines is 1. The maximum Gasteiger partial charge on any atom is 0.291 e. The van der Waals surface area contributed by atoms with Crippen molar-refractivity contribution in [3.63, 3.8) is 0 Å². The highest BCUT2D eigenvalue weighted by Gasteiger charge is 2.74. The van der Waals surface area contributed by atoms with Crippen molar-refractivity contribution >= 4 is 23.4 Å². The largest absolute Gasteiger partial charge is 0.387 e. The summed E-state index contributed by atoms with van der Waals surface area (Å²) in [5.41, 5.74) is 1.21. The van der Waals surface area contributed by atoms with Gasteiger partial charge in [-0.05, 0) is 18.9 Å². The maximum atomic E-state index is 13.3. The second-order valence-electron chi connectivity index (χ2n) is 7.83. The van der Waals surface area contributed by atoms with E-state index in [0.717, 1.165) is 23.2 Å². The standard InChI is InChI=1S/C20H25N3O5/c1-4-11-6-5-7-12-16(11)21-19(27)20(12)14-13(15(22-20)10(2)24)17(25)23(18(14)26)8-9-28-3/h5-7,10,13-15,22,24H,4,8-9H2,1-3H3,(H,21,27)/p+1/t10-,13+,14+,15-,20-/m1/s1. The number of nitrogens with one attached hydrogen (secondary N) is 1. The Kier molecular flexibility index (Phi) is 4.52. The number of hydrogen-bond donors (Lipinski definition) is 3. The van der Waals surface area contributed by atoms with Gasteiger partial charge >= 0.3 is 0 Å². The van der Waals surface area contributed by atoms with Crippen LogP contribution < -0.4 is 10.6 Å². The first-order valence-electron chi connectivity index (χ1n) is 9.70. The van der Waals surface area contributed by atoms with Crippen LogP contribution >= 0.6 is 0 Å². The van der Waals surface area contributed by atoms with Crippen LogP contribution in [0, 0.1) is 11.8 Å². The minimum absolute atomic E-state index is 0.146. The zero-order chi connectivity index (χ0) is 20.2. The van der Waals surface area contributed by atoms with Gasteiger partial charge in [-0.3, -0.25) is 19.3 Å². The molecular formula is C20H26N3O5+. The summed E-state index contributed by atoms with van der Waals surface area (Å²) in [6.45, 7) is 3.98. The van der Waals surface area contributed by atoms with Gasteiger partial charge in [0.1, 0.15) is 24.0 Å². The van der Waals surface area contributed by atoms with Crippen molar-refractivity contribution in [1.29, 1.82) is 0 Å². The number of aliphatic hydroxyl groups is 1. The number of likely N-dealkylation sites (tertiary alicyclic amines) is 1. The third-order valence-electron chi connectivity index (χ3n) is 6.47. The minimum atomic E-state index is -1.23. The van der Waals surface area contributed by atoms with Gasteiger partial charge in [-0.25, -0.2) is 0 Å².